The summed E-state index contributed by atoms with van der Waals surface area (Å²) >= 11 is 0. The van der Waals surface area contributed by atoms with E-state index in [1.54, 1.807) is 0 Å². The third-order valence-electron chi connectivity index (χ3n) is 2.83. The SMILES string of the molecule is O=C(O)CC1CCN(CCC(F)F)CC1. The maximum Gasteiger partial charge on any atom is 0.303 e. The molecule has 0 unspecified atom stereocenters. The Bertz CT molecular complexity index is 204. The molecule has 0 amide bonds. The summed E-state index contributed by atoms with van der Waals surface area (Å²) in [7, 11) is 0. The second-order valence-electron chi connectivity index (χ2n) is 4.06. The van der Waals surface area contributed by atoms with Gasteiger partial charge in [-0.3, -0.25) is 4.79 Å². The second kappa shape index (κ2) is 6.00. The van der Waals surface area contributed by atoms with Gasteiger partial charge in [0.2, 0.25) is 6.43 Å². The Morgan fingerprint density at radius 2 is 2.00 bits per heavy atom. The van der Waals surface area contributed by atoms with E-state index in [4.69, 9.17) is 5.11 Å². The highest BCUT2D eigenvalue weighted by Crippen LogP contribution is 2.20. The molecule has 88 valence electrons. The summed E-state index contributed by atoms with van der Waals surface area (Å²) in [6.45, 7) is 1.94. The molecular formula is C10H17F2NO2. The molecule has 0 aromatic heterocycles. The average molecular weight is 221 g/mol. The number of hydrogen-bond acceptors (Lipinski definition) is 2. The van der Waals surface area contributed by atoms with E-state index in [-0.39, 0.29) is 18.8 Å². The van der Waals surface area contributed by atoms with Crippen LogP contribution in [-0.4, -0.2) is 42.0 Å². The maximum atomic E-state index is 11.9. The molecule has 0 aromatic rings. The Morgan fingerprint density at radius 1 is 1.40 bits per heavy atom. The molecule has 0 saturated carbocycles. The topological polar surface area (TPSA) is 40.5 Å². The van der Waals surface area contributed by atoms with E-state index < -0.39 is 12.4 Å². The molecule has 15 heavy (non-hydrogen) atoms. The number of halogens is 2. The van der Waals surface area contributed by atoms with Crippen LogP contribution in [0.2, 0.25) is 0 Å². The zero-order chi connectivity index (χ0) is 11.3. The molecule has 1 heterocycles. The lowest BCUT2D eigenvalue weighted by atomic mass is 9.93. The molecule has 1 saturated heterocycles. The highest BCUT2D eigenvalue weighted by Gasteiger charge is 2.21. The van der Waals surface area contributed by atoms with Crippen LogP contribution < -0.4 is 0 Å². The summed E-state index contributed by atoms with van der Waals surface area (Å²) in [6, 6.07) is 0. The van der Waals surface area contributed by atoms with Crippen molar-refractivity contribution in [2.45, 2.75) is 32.1 Å². The Balaban J connectivity index is 2.15. The van der Waals surface area contributed by atoms with Crippen molar-refractivity contribution in [1.29, 1.82) is 0 Å². The zero-order valence-corrected chi connectivity index (χ0v) is 8.66. The highest BCUT2D eigenvalue weighted by atomic mass is 19.3. The Kier molecular flexibility index (Phi) is 4.94. The number of carboxylic acids is 1. The summed E-state index contributed by atoms with van der Waals surface area (Å²) in [5.74, 6) is -0.536. The van der Waals surface area contributed by atoms with Gasteiger partial charge < -0.3 is 10.0 Å². The first-order valence-electron chi connectivity index (χ1n) is 5.30. The van der Waals surface area contributed by atoms with Gasteiger partial charge in [-0.15, -0.1) is 0 Å². The lowest BCUT2D eigenvalue weighted by Gasteiger charge is -2.31. The van der Waals surface area contributed by atoms with E-state index >= 15 is 0 Å². The molecule has 0 spiro atoms. The molecule has 0 aliphatic carbocycles. The van der Waals surface area contributed by atoms with Crippen LogP contribution in [0.5, 0.6) is 0 Å². The number of hydrogen-bond donors (Lipinski definition) is 1. The largest absolute Gasteiger partial charge is 0.481 e. The summed E-state index contributed by atoms with van der Waals surface area (Å²) < 4.78 is 23.9. The lowest BCUT2D eigenvalue weighted by molar-refractivity contribution is -0.138. The van der Waals surface area contributed by atoms with E-state index in [9.17, 15) is 13.6 Å². The van der Waals surface area contributed by atoms with Crippen molar-refractivity contribution in [3.05, 3.63) is 0 Å². The summed E-state index contributed by atoms with van der Waals surface area (Å²) in [5.41, 5.74) is 0. The number of aliphatic carboxylic acids is 1. The molecule has 5 heteroatoms. The van der Waals surface area contributed by atoms with Gasteiger partial charge in [0.15, 0.2) is 0 Å². The standard InChI is InChI=1S/C10H17F2NO2/c11-9(12)3-6-13-4-1-8(2-5-13)7-10(14)15/h8-9H,1-7H2,(H,14,15). The van der Waals surface area contributed by atoms with Crippen molar-refractivity contribution in [2.24, 2.45) is 5.92 Å². The maximum absolute atomic E-state index is 11.9. The molecule has 0 aromatic carbocycles. The number of nitrogens with zero attached hydrogens (tertiary/aromatic N) is 1. The minimum absolute atomic E-state index is 0.0798. The summed E-state index contributed by atoms with van der Waals surface area (Å²) in [5, 5.41) is 8.59. The third kappa shape index (κ3) is 5.06. The molecule has 0 bridgehead atoms. The highest BCUT2D eigenvalue weighted by molar-refractivity contribution is 5.67. The smallest absolute Gasteiger partial charge is 0.303 e. The second-order valence-corrected chi connectivity index (χ2v) is 4.06. The van der Waals surface area contributed by atoms with Gasteiger partial charge in [-0.2, -0.15) is 0 Å². The number of alkyl halides is 2. The van der Waals surface area contributed by atoms with Gasteiger partial charge >= 0.3 is 5.97 Å². The van der Waals surface area contributed by atoms with Crippen LogP contribution in [0.25, 0.3) is 0 Å². The molecule has 3 nitrogen and oxygen atoms in total. The summed E-state index contributed by atoms with van der Waals surface area (Å²) in [4.78, 5) is 12.4. The minimum Gasteiger partial charge on any atom is -0.481 e. The first kappa shape index (κ1) is 12.4. The number of carboxylic acid groups (broad SMARTS) is 1. The fourth-order valence-electron chi connectivity index (χ4n) is 1.94. The average Bonchev–Trinajstić information content (AvgIpc) is 2.16. The van der Waals surface area contributed by atoms with Gasteiger partial charge in [0.1, 0.15) is 0 Å². The van der Waals surface area contributed by atoms with Gasteiger partial charge in [-0.25, -0.2) is 8.78 Å². The zero-order valence-electron chi connectivity index (χ0n) is 8.66. The normalized spacial score (nSPS) is 19.7. The van der Waals surface area contributed by atoms with Crippen LogP contribution >= 0.6 is 0 Å². The monoisotopic (exact) mass is 221 g/mol. The van der Waals surface area contributed by atoms with E-state index in [1.165, 1.54) is 0 Å². The summed E-state index contributed by atoms with van der Waals surface area (Å²) in [6.07, 6.45) is -0.473. The lowest BCUT2D eigenvalue weighted by Crippen LogP contribution is -2.35. The van der Waals surface area contributed by atoms with Crippen molar-refractivity contribution in [3.8, 4) is 0 Å². The predicted molar refractivity (Wildman–Crippen MR) is 52.0 cm³/mol. The number of rotatable bonds is 5. The van der Waals surface area contributed by atoms with Crippen LogP contribution in [0.1, 0.15) is 25.7 Å². The Morgan fingerprint density at radius 3 is 2.47 bits per heavy atom. The van der Waals surface area contributed by atoms with E-state index in [1.807, 2.05) is 4.90 Å². The molecule has 1 N–H and O–H groups in total. The van der Waals surface area contributed by atoms with Crippen molar-refractivity contribution < 1.29 is 18.7 Å². The molecule has 1 fully saturated rings. The van der Waals surface area contributed by atoms with Crippen LogP contribution in [0, 0.1) is 5.92 Å². The molecule has 1 rings (SSSR count). The molecule has 0 atom stereocenters. The van der Waals surface area contributed by atoms with Crippen molar-refractivity contribution in [3.63, 3.8) is 0 Å². The van der Waals surface area contributed by atoms with Gasteiger partial charge in [0, 0.05) is 19.4 Å². The van der Waals surface area contributed by atoms with Crippen molar-refractivity contribution in [2.75, 3.05) is 19.6 Å². The van der Waals surface area contributed by atoms with E-state index in [2.05, 4.69) is 0 Å². The Hall–Kier alpha value is -0.710. The number of piperidine rings is 1. The minimum atomic E-state index is -2.23. The molecule has 1 aliphatic heterocycles. The van der Waals surface area contributed by atoms with Gasteiger partial charge in [0.05, 0.1) is 0 Å². The fraction of sp³-hybridized carbons (Fsp3) is 0.900. The fourth-order valence-corrected chi connectivity index (χ4v) is 1.94. The molecular weight excluding hydrogens is 204 g/mol. The van der Waals surface area contributed by atoms with E-state index in [0.29, 0.717) is 6.54 Å². The van der Waals surface area contributed by atoms with Crippen LogP contribution in [0.3, 0.4) is 0 Å². The third-order valence-corrected chi connectivity index (χ3v) is 2.83. The number of carbonyl (C=O) groups is 1. The first-order chi connectivity index (χ1) is 7.08. The van der Waals surface area contributed by atoms with Gasteiger partial charge in [-0.05, 0) is 31.8 Å². The molecule has 0 radical (unpaired) electrons. The first-order valence-corrected chi connectivity index (χ1v) is 5.30. The Labute approximate surface area is 88.1 Å². The van der Waals surface area contributed by atoms with Crippen LogP contribution in [0.15, 0.2) is 0 Å². The quantitative estimate of drug-likeness (QED) is 0.770. The van der Waals surface area contributed by atoms with Crippen LogP contribution in [-0.2, 0) is 4.79 Å². The molecule has 1 aliphatic rings. The predicted octanol–water partition coefficient (Wildman–Crippen LogP) is 1.83. The van der Waals surface area contributed by atoms with Crippen molar-refractivity contribution >= 4 is 5.97 Å². The number of likely N-dealkylation sites (tertiary alicyclic amines) is 1. The van der Waals surface area contributed by atoms with Gasteiger partial charge in [0.25, 0.3) is 0 Å². The van der Waals surface area contributed by atoms with E-state index in [0.717, 1.165) is 25.9 Å². The van der Waals surface area contributed by atoms with Gasteiger partial charge in [-0.1, -0.05) is 0 Å². The van der Waals surface area contributed by atoms with Crippen LogP contribution in [0.4, 0.5) is 8.78 Å². The van der Waals surface area contributed by atoms with Crippen molar-refractivity contribution in [1.82, 2.24) is 4.90 Å².